The summed E-state index contributed by atoms with van der Waals surface area (Å²) in [6.45, 7) is 18.3. The van der Waals surface area contributed by atoms with Crippen molar-refractivity contribution >= 4 is 11.9 Å². The van der Waals surface area contributed by atoms with E-state index < -0.39 is 11.9 Å². The average Bonchev–Trinajstić information content (AvgIpc) is 2.58. The topological polar surface area (TPSA) is 98.7 Å². The molecule has 198 valence electrons. The highest BCUT2D eigenvalue weighted by atomic mass is 16.4. The van der Waals surface area contributed by atoms with Crippen molar-refractivity contribution < 1.29 is 19.8 Å². The zero-order chi connectivity index (χ0) is 26.0. The van der Waals surface area contributed by atoms with Gasteiger partial charge in [-0.1, -0.05) is 12.8 Å². The van der Waals surface area contributed by atoms with Crippen LogP contribution < -0.4 is 10.6 Å². The highest BCUT2D eigenvalue weighted by Crippen LogP contribution is 2.57. The third-order valence-electron chi connectivity index (χ3n) is 8.34. The van der Waals surface area contributed by atoms with Crippen molar-refractivity contribution in [3.05, 3.63) is 0 Å². The molecule has 0 amide bonds. The maximum atomic E-state index is 11.9. The molecule has 34 heavy (non-hydrogen) atoms. The lowest BCUT2D eigenvalue weighted by atomic mass is 9.51. The van der Waals surface area contributed by atoms with Crippen LogP contribution in [-0.2, 0) is 9.59 Å². The van der Waals surface area contributed by atoms with E-state index in [4.69, 9.17) is 5.11 Å². The molecule has 0 atom stereocenters. The average molecular weight is 481 g/mol. The molecular weight excluding hydrogens is 428 g/mol. The molecule has 0 aliphatic carbocycles. The summed E-state index contributed by atoms with van der Waals surface area (Å²) in [5, 5.41) is 26.5. The molecular formula is C28H52N2O4. The highest BCUT2D eigenvalue weighted by Gasteiger charge is 2.54. The fraction of sp³-hybridized carbons (Fsp3) is 0.929. The lowest BCUT2D eigenvalue weighted by Gasteiger charge is -2.59. The second-order valence-electron chi connectivity index (χ2n) is 14.1. The van der Waals surface area contributed by atoms with Crippen LogP contribution in [0.5, 0.6) is 0 Å². The van der Waals surface area contributed by atoms with E-state index in [1.165, 1.54) is 0 Å². The number of piperidine rings is 2. The van der Waals surface area contributed by atoms with Gasteiger partial charge in [-0.2, -0.15) is 0 Å². The summed E-state index contributed by atoms with van der Waals surface area (Å²) in [5.41, 5.74) is -0.122. The zero-order valence-electron chi connectivity index (χ0n) is 23.1. The summed E-state index contributed by atoms with van der Waals surface area (Å²) in [6.07, 6.45) is 8.78. The predicted octanol–water partition coefficient (Wildman–Crippen LogP) is 5.99. The molecule has 0 spiro atoms. The van der Waals surface area contributed by atoms with Gasteiger partial charge >= 0.3 is 11.9 Å². The van der Waals surface area contributed by atoms with Gasteiger partial charge in [0.25, 0.3) is 0 Å². The SMILES string of the molecule is CC1(C)CC(C(CCCCCC(=O)O)(CCC(=O)O)C2CC(C)(C)NC(C)(C)C2)CC(C)(C)N1. The molecule has 6 heteroatoms. The van der Waals surface area contributed by atoms with E-state index in [-0.39, 0.29) is 40.4 Å². The van der Waals surface area contributed by atoms with Crippen LogP contribution in [0.1, 0.15) is 126 Å². The Morgan fingerprint density at radius 2 is 1.03 bits per heavy atom. The Morgan fingerprint density at radius 3 is 1.38 bits per heavy atom. The number of nitrogens with one attached hydrogen (secondary N) is 2. The van der Waals surface area contributed by atoms with Crippen molar-refractivity contribution in [1.29, 1.82) is 0 Å². The summed E-state index contributed by atoms with van der Waals surface area (Å²) in [4.78, 5) is 22.9. The summed E-state index contributed by atoms with van der Waals surface area (Å²) >= 11 is 0. The molecule has 0 unspecified atom stereocenters. The maximum Gasteiger partial charge on any atom is 0.303 e. The first-order chi connectivity index (χ1) is 15.4. The molecule has 0 saturated carbocycles. The van der Waals surface area contributed by atoms with Gasteiger partial charge < -0.3 is 20.8 Å². The van der Waals surface area contributed by atoms with Crippen LogP contribution in [0.3, 0.4) is 0 Å². The van der Waals surface area contributed by atoms with Crippen LogP contribution in [0.4, 0.5) is 0 Å². The second-order valence-corrected chi connectivity index (χ2v) is 14.1. The van der Waals surface area contributed by atoms with Gasteiger partial charge in [-0.25, -0.2) is 0 Å². The molecule has 0 aromatic carbocycles. The molecule has 2 heterocycles. The van der Waals surface area contributed by atoms with Crippen molar-refractivity contribution in [1.82, 2.24) is 10.6 Å². The molecule has 0 aromatic rings. The number of carboxylic acids is 2. The number of carboxylic acid groups (broad SMARTS) is 2. The van der Waals surface area contributed by atoms with Crippen LogP contribution in [0, 0.1) is 17.3 Å². The van der Waals surface area contributed by atoms with E-state index in [2.05, 4.69) is 66.0 Å². The molecule has 2 saturated heterocycles. The van der Waals surface area contributed by atoms with E-state index in [0.29, 0.717) is 24.7 Å². The maximum absolute atomic E-state index is 11.9. The molecule has 4 N–H and O–H groups in total. The number of aliphatic carboxylic acids is 2. The number of hydrogen-bond donors (Lipinski definition) is 4. The molecule has 2 fully saturated rings. The van der Waals surface area contributed by atoms with Crippen molar-refractivity contribution in [2.45, 2.75) is 148 Å². The van der Waals surface area contributed by atoms with E-state index >= 15 is 0 Å². The molecule has 2 aliphatic rings. The van der Waals surface area contributed by atoms with Gasteiger partial charge in [0.15, 0.2) is 0 Å². The van der Waals surface area contributed by atoms with Crippen molar-refractivity contribution in [3.63, 3.8) is 0 Å². The largest absolute Gasteiger partial charge is 0.481 e. The van der Waals surface area contributed by atoms with Gasteiger partial charge in [0.1, 0.15) is 0 Å². The molecule has 0 radical (unpaired) electrons. The predicted molar refractivity (Wildman–Crippen MR) is 138 cm³/mol. The Balaban J connectivity index is 2.49. The minimum Gasteiger partial charge on any atom is -0.481 e. The molecule has 0 aromatic heterocycles. The number of carbonyl (C=O) groups is 2. The van der Waals surface area contributed by atoms with E-state index in [1.54, 1.807) is 0 Å². The van der Waals surface area contributed by atoms with Crippen LogP contribution in [0.2, 0.25) is 0 Å². The minimum absolute atomic E-state index is 0.0118. The fourth-order valence-electron chi connectivity index (χ4n) is 7.98. The van der Waals surface area contributed by atoms with Gasteiger partial charge in [-0.05, 0) is 118 Å². The smallest absolute Gasteiger partial charge is 0.303 e. The Labute approximate surface area is 208 Å². The monoisotopic (exact) mass is 480 g/mol. The Morgan fingerprint density at radius 1 is 0.647 bits per heavy atom. The van der Waals surface area contributed by atoms with Crippen LogP contribution in [0.15, 0.2) is 0 Å². The highest BCUT2D eigenvalue weighted by molar-refractivity contribution is 5.67. The summed E-state index contributed by atoms with van der Waals surface area (Å²) < 4.78 is 0. The quantitative estimate of drug-likeness (QED) is 0.271. The van der Waals surface area contributed by atoms with E-state index in [9.17, 15) is 14.7 Å². The molecule has 0 bridgehead atoms. The lowest BCUT2D eigenvalue weighted by molar-refractivity contribution is -0.140. The summed E-state index contributed by atoms with van der Waals surface area (Å²) in [7, 11) is 0. The Kier molecular flexibility index (Phi) is 8.95. The number of hydrogen-bond acceptors (Lipinski definition) is 4. The van der Waals surface area contributed by atoms with Crippen molar-refractivity contribution in [3.8, 4) is 0 Å². The zero-order valence-corrected chi connectivity index (χ0v) is 23.1. The van der Waals surface area contributed by atoms with Gasteiger partial charge in [0.05, 0.1) is 0 Å². The van der Waals surface area contributed by atoms with Crippen molar-refractivity contribution in [2.24, 2.45) is 17.3 Å². The third-order valence-corrected chi connectivity index (χ3v) is 8.34. The van der Waals surface area contributed by atoms with Crippen LogP contribution in [0.25, 0.3) is 0 Å². The molecule has 6 nitrogen and oxygen atoms in total. The van der Waals surface area contributed by atoms with Crippen LogP contribution >= 0.6 is 0 Å². The second kappa shape index (κ2) is 10.5. The Bertz CT molecular complexity index is 656. The first-order valence-electron chi connectivity index (χ1n) is 13.4. The first-order valence-corrected chi connectivity index (χ1v) is 13.4. The summed E-state index contributed by atoms with van der Waals surface area (Å²) in [6, 6.07) is 0. The lowest BCUT2D eigenvalue weighted by Crippen LogP contribution is -2.64. The van der Waals surface area contributed by atoms with E-state index in [0.717, 1.165) is 44.9 Å². The van der Waals surface area contributed by atoms with Gasteiger partial charge in [0.2, 0.25) is 0 Å². The number of unbranched alkanes of at least 4 members (excludes halogenated alkanes) is 2. The van der Waals surface area contributed by atoms with Crippen molar-refractivity contribution in [2.75, 3.05) is 0 Å². The van der Waals surface area contributed by atoms with E-state index in [1.807, 2.05) is 0 Å². The van der Waals surface area contributed by atoms with Gasteiger partial charge in [0, 0.05) is 35.0 Å². The van der Waals surface area contributed by atoms with Gasteiger partial charge in [-0.15, -0.1) is 0 Å². The first kappa shape index (κ1) is 29.1. The molecule has 2 rings (SSSR count). The minimum atomic E-state index is -0.735. The summed E-state index contributed by atoms with van der Waals surface area (Å²) in [5.74, 6) is -0.601. The fourth-order valence-corrected chi connectivity index (χ4v) is 7.98. The normalized spacial score (nSPS) is 24.6. The standard InChI is InChI=1S/C28H52N2O4/c1-24(2)16-20(17-25(3,4)29-24)28(15-13-23(33)34,14-11-9-10-12-22(31)32)21-18-26(5,6)30-27(7,8)19-21/h20-21,29-30H,9-19H2,1-8H3,(H,31,32)(H,33,34). The third kappa shape index (κ3) is 8.22. The Hall–Kier alpha value is -1.14. The van der Waals surface area contributed by atoms with Gasteiger partial charge in [-0.3, -0.25) is 9.59 Å². The molecule has 2 aliphatic heterocycles. The van der Waals surface area contributed by atoms with Crippen LogP contribution in [-0.4, -0.2) is 44.3 Å². The number of rotatable bonds is 11.